The first-order valence-electron chi connectivity index (χ1n) is 8.58. The first kappa shape index (κ1) is 19.4. The molecule has 1 amide bonds. The number of benzene rings is 1. The minimum Gasteiger partial charge on any atom is -0.466 e. The fourth-order valence-corrected chi connectivity index (χ4v) is 3.11. The van der Waals surface area contributed by atoms with Crippen molar-refractivity contribution in [2.24, 2.45) is 0 Å². The van der Waals surface area contributed by atoms with Crippen LogP contribution in [0.15, 0.2) is 52.6 Å². The molecular formula is C19H18N4O4S. The average Bonchev–Trinajstić information content (AvgIpc) is 3.11. The van der Waals surface area contributed by atoms with Gasteiger partial charge in [-0.1, -0.05) is 30.3 Å². The number of ether oxygens (including phenoxy) is 1. The van der Waals surface area contributed by atoms with Crippen molar-refractivity contribution in [2.45, 2.75) is 19.9 Å². The molecule has 0 aliphatic heterocycles. The highest BCUT2D eigenvalue weighted by atomic mass is 32.1. The maximum Gasteiger partial charge on any atom is 0.311 e. The molecule has 0 unspecified atom stereocenters. The van der Waals surface area contributed by atoms with E-state index in [4.69, 9.17) is 4.74 Å². The second-order valence-electron chi connectivity index (χ2n) is 5.78. The number of esters is 1. The van der Waals surface area contributed by atoms with Crippen molar-refractivity contribution in [3.63, 3.8) is 0 Å². The van der Waals surface area contributed by atoms with Gasteiger partial charge in [0.2, 0.25) is 0 Å². The number of aromatic nitrogens is 3. The van der Waals surface area contributed by atoms with Gasteiger partial charge >= 0.3 is 5.97 Å². The van der Waals surface area contributed by atoms with Crippen LogP contribution in [0, 0.1) is 0 Å². The molecule has 0 saturated carbocycles. The molecule has 0 saturated heterocycles. The largest absolute Gasteiger partial charge is 0.466 e. The second kappa shape index (κ2) is 9.05. The monoisotopic (exact) mass is 398 g/mol. The minimum absolute atomic E-state index is 0.0421. The van der Waals surface area contributed by atoms with Crippen molar-refractivity contribution >= 4 is 28.3 Å². The number of rotatable bonds is 7. The van der Waals surface area contributed by atoms with Crippen molar-refractivity contribution < 1.29 is 14.3 Å². The number of hydrogen-bond donors (Lipinski definition) is 1. The lowest BCUT2D eigenvalue weighted by atomic mass is 10.2. The Hall–Kier alpha value is -3.33. The van der Waals surface area contributed by atoms with E-state index in [1.54, 1.807) is 12.3 Å². The van der Waals surface area contributed by atoms with Crippen molar-refractivity contribution in [3.05, 3.63) is 75.1 Å². The van der Waals surface area contributed by atoms with Gasteiger partial charge in [0.05, 0.1) is 25.3 Å². The molecule has 1 aromatic carbocycles. The van der Waals surface area contributed by atoms with Gasteiger partial charge in [0.1, 0.15) is 5.69 Å². The highest BCUT2D eigenvalue weighted by Gasteiger charge is 2.14. The number of thiazole rings is 1. The van der Waals surface area contributed by atoms with Gasteiger partial charge in [0.15, 0.2) is 5.13 Å². The molecule has 0 spiro atoms. The fraction of sp³-hybridized carbons (Fsp3) is 0.211. The third-order valence-electron chi connectivity index (χ3n) is 3.68. The number of nitrogens with zero attached hydrogens (tertiary/aromatic N) is 3. The van der Waals surface area contributed by atoms with Crippen LogP contribution in [-0.2, 0) is 22.5 Å². The number of anilines is 1. The van der Waals surface area contributed by atoms with Gasteiger partial charge in [-0.25, -0.2) is 9.67 Å². The van der Waals surface area contributed by atoms with E-state index in [2.05, 4.69) is 15.4 Å². The zero-order chi connectivity index (χ0) is 19.9. The summed E-state index contributed by atoms with van der Waals surface area (Å²) < 4.78 is 6.11. The van der Waals surface area contributed by atoms with Crippen LogP contribution >= 0.6 is 11.3 Å². The molecule has 144 valence electrons. The van der Waals surface area contributed by atoms with E-state index in [1.165, 1.54) is 28.2 Å². The summed E-state index contributed by atoms with van der Waals surface area (Å²) in [4.78, 5) is 40.2. The lowest BCUT2D eigenvalue weighted by molar-refractivity contribution is -0.142. The van der Waals surface area contributed by atoms with Crippen LogP contribution in [0.5, 0.6) is 0 Å². The zero-order valence-corrected chi connectivity index (χ0v) is 15.9. The molecule has 1 N–H and O–H groups in total. The van der Waals surface area contributed by atoms with Gasteiger partial charge in [-0.15, -0.1) is 11.3 Å². The lowest BCUT2D eigenvalue weighted by Gasteiger charge is -2.07. The Kier molecular flexibility index (Phi) is 6.28. The number of amides is 1. The van der Waals surface area contributed by atoms with Gasteiger partial charge in [-0.05, 0) is 18.6 Å². The number of nitrogens with one attached hydrogen (secondary N) is 1. The van der Waals surface area contributed by atoms with E-state index in [-0.39, 0.29) is 30.2 Å². The molecule has 9 heteroatoms. The quantitative estimate of drug-likeness (QED) is 0.612. The Labute approximate surface area is 164 Å². The molecule has 3 aromatic rings. The van der Waals surface area contributed by atoms with E-state index in [1.807, 2.05) is 30.3 Å². The molecule has 2 heterocycles. The molecule has 0 fully saturated rings. The predicted molar refractivity (Wildman–Crippen MR) is 104 cm³/mol. The average molecular weight is 398 g/mol. The highest BCUT2D eigenvalue weighted by molar-refractivity contribution is 7.14. The first-order valence-corrected chi connectivity index (χ1v) is 9.46. The standard InChI is InChI=1S/C19H18N4O4S/c1-2-27-17(25)10-14-12-28-19(20-14)21-18(26)15-8-9-16(24)23(22-15)11-13-6-4-3-5-7-13/h3-9,12H,2,10-11H2,1H3,(H,20,21,26). The topological polar surface area (TPSA) is 103 Å². The van der Waals surface area contributed by atoms with E-state index >= 15 is 0 Å². The van der Waals surface area contributed by atoms with Crippen LogP contribution in [0.3, 0.4) is 0 Å². The first-order chi connectivity index (χ1) is 13.5. The van der Waals surface area contributed by atoms with E-state index in [9.17, 15) is 14.4 Å². The summed E-state index contributed by atoms with van der Waals surface area (Å²) in [5.41, 5.74) is 1.21. The molecule has 2 aromatic heterocycles. The van der Waals surface area contributed by atoms with Crippen molar-refractivity contribution in [2.75, 3.05) is 11.9 Å². The predicted octanol–water partition coefficient (Wildman–Crippen LogP) is 2.11. The molecule has 0 aliphatic carbocycles. The molecule has 28 heavy (non-hydrogen) atoms. The summed E-state index contributed by atoms with van der Waals surface area (Å²) in [7, 11) is 0. The minimum atomic E-state index is -0.487. The highest BCUT2D eigenvalue weighted by Crippen LogP contribution is 2.16. The smallest absolute Gasteiger partial charge is 0.311 e. The van der Waals surface area contributed by atoms with Gasteiger partial charge in [0, 0.05) is 11.4 Å². The van der Waals surface area contributed by atoms with Crippen LogP contribution in [-0.4, -0.2) is 33.2 Å². The van der Waals surface area contributed by atoms with E-state index in [0.717, 1.165) is 5.56 Å². The SMILES string of the molecule is CCOC(=O)Cc1csc(NC(=O)c2ccc(=O)n(Cc3ccccc3)n2)n1. The van der Waals surface area contributed by atoms with Gasteiger partial charge < -0.3 is 4.74 Å². The number of hydrogen-bond acceptors (Lipinski definition) is 7. The molecule has 3 rings (SSSR count). The van der Waals surface area contributed by atoms with E-state index in [0.29, 0.717) is 17.4 Å². The van der Waals surface area contributed by atoms with Gasteiger partial charge in [-0.2, -0.15) is 5.10 Å². The van der Waals surface area contributed by atoms with Crippen LogP contribution in [0.4, 0.5) is 5.13 Å². The molecule has 8 nitrogen and oxygen atoms in total. The molecule has 0 aliphatic rings. The Morgan fingerprint density at radius 1 is 1.18 bits per heavy atom. The molecule has 0 radical (unpaired) electrons. The normalized spacial score (nSPS) is 10.5. The van der Waals surface area contributed by atoms with E-state index < -0.39 is 5.91 Å². The summed E-state index contributed by atoms with van der Waals surface area (Å²) in [6, 6.07) is 12.0. The zero-order valence-electron chi connectivity index (χ0n) is 15.1. The Morgan fingerprint density at radius 3 is 2.71 bits per heavy atom. The maximum absolute atomic E-state index is 12.5. The van der Waals surface area contributed by atoms with Crippen LogP contribution in [0.1, 0.15) is 28.7 Å². The Balaban J connectivity index is 1.69. The van der Waals surface area contributed by atoms with Crippen LogP contribution in [0.2, 0.25) is 0 Å². The summed E-state index contributed by atoms with van der Waals surface area (Å²) in [6.45, 7) is 2.30. The summed E-state index contributed by atoms with van der Waals surface area (Å²) >= 11 is 1.20. The third kappa shape index (κ3) is 5.10. The van der Waals surface area contributed by atoms with Gasteiger partial charge in [-0.3, -0.25) is 19.7 Å². The summed E-state index contributed by atoms with van der Waals surface area (Å²) in [6.07, 6.45) is 0.0421. The lowest BCUT2D eigenvalue weighted by Crippen LogP contribution is -2.26. The maximum atomic E-state index is 12.5. The third-order valence-corrected chi connectivity index (χ3v) is 4.48. The summed E-state index contributed by atoms with van der Waals surface area (Å²) in [5, 5.41) is 8.79. The van der Waals surface area contributed by atoms with Crippen molar-refractivity contribution in [1.82, 2.24) is 14.8 Å². The number of carbonyl (C=O) groups is 2. The fourth-order valence-electron chi connectivity index (χ4n) is 2.41. The molecule has 0 bridgehead atoms. The van der Waals surface area contributed by atoms with Crippen molar-refractivity contribution in [3.8, 4) is 0 Å². The Bertz CT molecular complexity index is 1030. The van der Waals surface area contributed by atoms with Gasteiger partial charge in [0.25, 0.3) is 11.5 Å². The van der Waals surface area contributed by atoms with Crippen LogP contribution in [0.25, 0.3) is 0 Å². The number of carbonyl (C=O) groups excluding carboxylic acids is 2. The summed E-state index contributed by atoms with van der Waals surface area (Å²) in [5.74, 6) is -0.862. The van der Waals surface area contributed by atoms with Crippen molar-refractivity contribution in [1.29, 1.82) is 0 Å². The molecule has 0 atom stereocenters. The Morgan fingerprint density at radius 2 is 1.96 bits per heavy atom. The second-order valence-corrected chi connectivity index (χ2v) is 6.64. The molecular weight excluding hydrogens is 380 g/mol. The van der Waals surface area contributed by atoms with Crippen LogP contribution < -0.4 is 10.9 Å².